The molecule has 0 aromatic rings. The number of aliphatic carboxylic acids is 1. The number of urea groups is 1. The monoisotopic (exact) mass is 259 g/mol. The summed E-state index contributed by atoms with van der Waals surface area (Å²) in [6.07, 6.45) is 0. The summed E-state index contributed by atoms with van der Waals surface area (Å²) in [4.78, 5) is 36.4. The molecule has 0 aliphatic carbocycles. The lowest BCUT2D eigenvalue weighted by atomic mass is 10.2. The fourth-order valence-corrected chi connectivity index (χ4v) is 1.60. The standard InChI is InChI=1S/C10H17N3O5/c1-6(9(15)16)12(2)10(17)13-3-4-18-5-7(13)8(11)14/h6-7H,3-5H2,1-2H3,(H2,11,14)(H,15,16). The highest BCUT2D eigenvalue weighted by Crippen LogP contribution is 2.11. The normalized spacial score (nSPS) is 21.2. The number of carbonyl (C=O) groups is 3. The Morgan fingerprint density at radius 3 is 2.61 bits per heavy atom. The van der Waals surface area contributed by atoms with E-state index < -0.39 is 30.0 Å². The first-order valence-corrected chi connectivity index (χ1v) is 5.49. The number of rotatable bonds is 3. The second-order valence-corrected chi connectivity index (χ2v) is 4.09. The van der Waals surface area contributed by atoms with Crippen LogP contribution in [-0.4, -0.2) is 71.7 Å². The molecule has 0 radical (unpaired) electrons. The van der Waals surface area contributed by atoms with Gasteiger partial charge in [0.15, 0.2) is 0 Å². The molecule has 0 spiro atoms. The summed E-state index contributed by atoms with van der Waals surface area (Å²) in [5.74, 6) is -1.78. The first kappa shape index (κ1) is 14.2. The zero-order valence-electron chi connectivity index (χ0n) is 10.3. The summed E-state index contributed by atoms with van der Waals surface area (Å²) in [7, 11) is 1.37. The third kappa shape index (κ3) is 2.89. The highest BCUT2D eigenvalue weighted by atomic mass is 16.5. The minimum absolute atomic E-state index is 0.0381. The van der Waals surface area contributed by atoms with Gasteiger partial charge in [-0.2, -0.15) is 0 Å². The molecule has 102 valence electrons. The van der Waals surface area contributed by atoms with Gasteiger partial charge in [-0.1, -0.05) is 0 Å². The van der Waals surface area contributed by atoms with Crippen molar-refractivity contribution in [3.05, 3.63) is 0 Å². The van der Waals surface area contributed by atoms with Crippen molar-refractivity contribution < 1.29 is 24.2 Å². The molecule has 1 rings (SSSR count). The van der Waals surface area contributed by atoms with E-state index in [9.17, 15) is 14.4 Å². The summed E-state index contributed by atoms with van der Waals surface area (Å²) in [6.45, 7) is 1.93. The molecule has 1 aliphatic heterocycles. The second kappa shape index (κ2) is 5.67. The molecule has 3 N–H and O–H groups in total. The Kier molecular flexibility index (Phi) is 4.49. The quantitative estimate of drug-likeness (QED) is 0.653. The van der Waals surface area contributed by atoms with E-state index in [1.54, 1.807) is 0 Å². The van der Waals surface area contributed by atoms with Crippen molar-refractivity contribution in [2.45, 2.75) is 19.0 Å². The predicted molar refractivity (Wildman–Crippen MR) is 60.8 cm³/mol. The van der Waals surface area contributed by atoms with Crippen molar-refractivity contribution in [2.75, 3.05) is 26.8 Å². The molecule has 8 heteroatoms. The van der Waals surface area contributed by atoms with Gasteiger partial charge >= 0.3 is 12.0 Å². The van der Waals surface area contributed by atoms with Crippen LogP contribution >= 0.6 is 0 Å². The van der Waals surface area contributed by atoms with Crippen molar-refractivity contribution in [3.63, 3.8) is 0 Å². The molecule has 0 saturated carbocycles. The Morgan fingerprint density at radius 1 is 1.50 bits per heavy atom. The van der Waals surface area contributed by atoms with E-state index in [4.69, 9.17) is 15.6 Å². The van der Waals surface area contributed by atoms with E-state index in [1.807, 2.05) is 0 Å². The summed E-state index contributed by atoms with van der Waals surface area (Å²) in [5.41, 5.74) is 5.18. The molecular formula is C10H17N3O5. The third-order valence-electron chi connectivity index (χ3n) is 2.94. The number of primary amides is 1. The highest BCUT2D eigenvalue weighted by Gasteiger charge is 2.35. The second-order valence-electron chi connectivity index (χ2n) is 4.09. The molecule has 1 saturated heterocycles. The highest BCUT2D eigenvalue weighted by molar-refractivity contribution is 5.88. The van der Waals surface area contributed by atoms with Gasteiger partial charge in [0.2, 0.25) is 5.91 Å². The summed E-state index contributed by atoms with van der Waals surface area (Å²) in [5, 5.41) is 8.85. The summed E-state index contributed by atoms with van der Waals surface area (Å²) in [6, 6.07) is -2.37. The number of carbonyl (C=O) groups excluding carboxylic acids is 2. The molecule has 1 heterocycles. The maximum atomic E-state index is 12.1. The lowest BCUT2D eigenvalue weighted by Crippen LogP contribution is -2.59. The van der Waals surface area contributed by atoms with Crippen molar-refractivity contribution in [2.24, 2.45) is 5.73 Å². The van der Waals surface area contributed by atoms with Crippen LogP contribution in [0.3, 0.4) is 0 Å². The largest absolute Gasteiger partial charge is 0.480 e. The Balaban J connectivity index is 2.80. The van der Waals surface area contributed by atoms with E-state index in [1.165, 1.54) is 18.9 Å². The van der Waals surface area contributed by atoms with Crippen LogP contribution in [0.1, 0.15) is 6.92 Å². The van der Waals surface area contributed by atoms with E-state index >= 15 is 0 Å². The zero-order valence-corrected chi connectivity index (χ0v) is 10.3. The first-order valence-electron chi connectivity index (χ1n) is 5.49. The van der Waals surface area contributed by atoms with Crippen molar-refractivity contribution in [1.82, 2.24) is 9.80 Å². The number of carboxylic acid groups (broad SMARTS) is 1. The van der Waals surface area contributed by atoms with Crippen molar-refractivity contribution in [1.29, 1.82) is 0 Å². The van der Waals surface area contributed by atoms with Crippen LogP contribution in [0.2, 0.25) is 0 Å². The molecule has 1 fully saturated rings. The van der Waals surface area contributed by atoms with Crippen LogP contribution in [0.15, 0.2) is 0 Å². The van der Waals surface area contributed by atoms with E-state index in [0.29, 0.717) is 6.61 Å². The lowest BCUT2D eigenvalue weighted by molar-refractivity contribution is -0.141. The number of amides is 3. The Morgan fingerprint density at radius 2 is 2.11 bits per heavy atom. The van der Waals surface area contributed by atoms with Gasteiger partial charge in [-0.3, -0.25) is 4.79 Å². The molecule has 2 atom stereocenters. The molecule has 1 aliphatic rings. The third-order valence-corrected chi connectivity index (χ3v) is 2.94. The number of hydrogen-bond donors (Lipinski definition) is 2. The van der Waals surface area contributed by atoms with Crippen LogP contribution in [0, 0.1) is 0 Å². The Hall–Kier alpha value is -1.83. The van der Waals surface area contributed by atoms with Gasteiger partial charge in [0.1, 0.15) is 12.1 Å². The van der Waals surface area contributed by atoms with Gasteiger partial charge < -0.3 is 25.4 Å². The topological polar surface area (TPSA) is 113 Å². The number of carboxylic acids is 1. The van der Waals surface area contributed by atoms with E-state index in [0.717, 1.165) is 4.90 Å². The first-order chi connectivity index (χ1) is 8.36. The number of nitrogens with zero attached hydrogens (tertiary/aromatic N) is 2. The smallest absolute Gasteiger partial charge is 0.326 e. The maximum Gasteiger partial charge on any atom is 0.326 e. The molecule has 0 aromatic carbocycles. The average Bonchev–Trinajstić information content (AvgIpc) is 2.35. The average molecular weight is 259 g/mol. The van der Waals surface area contributed by atoms with E-state index in [-0.39, 0.29) is 13.2 Å². The minimum atomic E-state index is -1.12. The van der Waals surface area contributed by atoms with Gasteiger partial charge in [-0.05, 0) is 6.92 Å². The number of ether oxygens (including phenoxy) is 1. The number of likely N-dealkylation sites (N-methyl/N-ethyl adjacent to an activating group) is 1. The molecule has 2 unspecified atom stereocenters. The molecule has 18 heavy (non-hydrogen) atoms. The van der Waals surface area contributed by atoms with Gasteiger partial charge in [-0.25, -0.2) is 9.59 Å². The van der Waals surface area contributed by atoms with Crippen LogP contribution in [0.25, 0.3) is 0 Å². The van der Waals surface area contributed by atoms with Gasteiger partial charge in [-0.15, -0.1) is 0 Å². The maximum absolute atomic E-state index is 12.1. The van der Waals surface area contributed by atoms with Gasteiger partial charge in [0.05, 0.1) is 13.2 Å². The van der Waals surface area contributed by atoms with Crippen LogP contribution in [0.4, 0.5) is 4.79 Å². The Bertz CT molecular complexity index is 359. The molecule has 8 nitrogen and oxygen atoms in total. The fourth-order valence-electron chi connectivity index (χ4n) is 1.60. The number of nitrogens with two attached hydrogens (primary N) is 1. The molecule has 0 bridgehead atoms. The number of hydrogen-bond acceptors (Lipinski definition) is 4. The van der Waals surface area contributed by atoms with Crippen LogP contribution in [-0.2, 0) is 14.3 Å². The zero-order chi connectivity index (χ0) is 13.9. The molecular weight excluding hydrogens is 242 g/mol. The predicted octanol–water partition coefficient (Wildman–Crippen LogP) is -1.30. The summed E-state index contributed by atoms with van der Waals surface area (Å²) < 4.78 is 5.08. The SMILES string of the molecule is CC(C(=O)O)N(C)C(=O)N1CCOCC1C(N)=O. The summed E-state index contributed by atoms with van der Waals surface area (Å²) >= 11 is 0. The fraction of sp³-hybridized carbons (Fsp3) is 0.700. The van der Waals surface area contributed by atoms with Crippen molar-refractivity contribution in [3.8, 4) is 0 Å². The van der Waals surface area contributed by atoms with Crippen LogP contribution < -0.4 is 5.73 Å². The lowest BCUT2D eigenvalue weighted by Gasteiger charge is -2.37. The Labute approximate surface area is 104 Å². The molecule has 3 amide bonds. The van der Waals surface area contributed by atoms with Gasteiger partial charge in [0, 0.05) is 13.6 Å². The number of morpholine rings is 1. The van der Waals surface area contributed by atoms with Crippen LogP contribution in [0.5, 0.6) is 0 Å². The molecule has 0 aromatic heterocycles. The minimum Gasteiger partial charge on any atom is -0.480 e. The van der Waals surface area contributed by atoms with Gasteiger partial charge in [0.25, 0.3) is 0 Å². The van der Waals surface area contributed by atoms with Crippen molar-refractivity contribution >= 4 is 17.9 Å². The van der Waals surface area contributed by atoms with E-state index in [2.05, 4.69) is 0 Å².